The molecule has 116 valence electrons. The Morgan fingerprint density at radius 1 is 1.27 bits per heavy atom. The normalized spacial score (nSPS) is 12.7. The van der Waals surface area contributed by atoms with Gasteiger partial charge in [0.2, 0.25) is 0 Å². The molecule has 0 saturated heterocycles. The van der Waals surface area contributed by atoms with E-state index in [2.05, 4.69) is 11.1 Å². The molecule has 0 aliphatic rings. The van der Waals surface area contributed by atoms with Crippen LogP contribution in [0.3, 0.4) is 0 Å². The second kappa shape index (κ2) is 7.71. The summed E-state index contributed by atoms with van der Waals surface area (Å²) in [5.74, 6) is -1.01. The van der Waals surface area contributed by atoms with Gasteiger partial charge in [-0.15, -0.1) is 0 Å². The minimum absolute atomic E-state index is 0.250. The Morgan fingerprint density at radius 2 is 2.09 bits per heavy atom. The molecule has 0 aliphatic carbocycles. The molecule has 1 aromatic heterocycles. The van der Waals surface area contributed by atoms with Crippen molar-refractivity contribution in [2.24, 2.45) is 0 Å². The number of benzene rings is 1. The number of hydrogen-bond acceptors (Lipinski definition) is 3. The fourth-order valence-corrected chi connectivity index (χ4v) is 2.09. The molecule has 2 aromatic rings. The summed E-state index contributed by atoms with van der Waals surface area (Å²) < 4.78 is 13.3. The van der Waals surface area contributed by atoms with E-state index in [9.17, 15) is 9.50 Å². The Bertz CT molecular complexity index is 636. The number of rotatable bonds is 6. The Balaban J connectivity index is 1.98. The number of halogens is 1. The molecule has 0 spiro atoms. The molecule has 0 amide bonds. The van der Waals surface area contributed by atoms with E-state index in [0.717, 1.165) is 24.8 Å². The van der Waals surface area contributed by atoms with E-state index in [-0.39, 0.29) is 11.9 Å². The van der Waals surface area contributed by atoms with E-state index in [1.807, 2.05) is 18.2 Å². The fraction of sp³-hybridized carbons (Fsp3) is 0.278. The predicted molar refractivity (Wildman–Crippen MR) is 85.9 cm³/mol. The summed E-state index contributed by atoms with van der Waals surface area (Å²) in [6.07, 6.45) is 8.18. The minimum Gasteiger partial charge on any atom is -0.505 e. The van der Waals surface area contributed by atoms with Crippen LogP contribution in [-0.2, 0) is 0 Å². The molecule has 2 N–H and O–H groups in total. The fourth-order valence-electron chi connectivity index (χ4n) is 2.09. The maximum absolute atomic E-state index is 13.3. The second-order valence-corrected chi connectivity index (χ2v) is 5.33. The lowest BCUT2D eigenvalue weighted by molar-refractivity contribution is 0.182. The molecule has 3 nitrogen and oxygen atoms in total. The van der Waals surface area contributed by atoms with Crippen LogP contribution in [0.1, 0.15) is 31.7 Å². The lowest BCUT2D eigenvalue weighted by Crippen LogP contribution is -1.97. The molecule has 1 unspecified atom stereocenters. The van der Waals surface area contributed by atoms with Crippen molar-refractivity contribution in [1.82, 2.24) is 4.98 Å². The Labute approximate surface area is 129 Å². The summed E-state index contributed by atoms with van der Waals surface area (Å²) in [5, 5.41) is 18.4. The van der Waals surface area contributed by atoms with Gasteiger partial charge in [-0.2, -0.15) is 0 Å². The van der Waals surface area contributed by atoms with Gasteiger partial charge in [0, 0.05) is 11.8 Å². The van der Waals surface area contributed by atoms with Crippen LogP contribution >= 0.6 is 0 Å². The highest BCUT2D eigenvalue weighted by atomic mass is 19.1. The molecule has 0 saturated carbocycles. The van der Waals surface area contributed by atoms with Crippen molar-refractivity contribution < 1.29 is 14.6 Å². The topological polar surface area (TPSA) is 53.4 Å². The van der Waals surface area contributed by atoms with Crippen molar-refractivity contribution in [3.05, 3.63) is 54.0 Å². The number of aromatic hydroxyl groups is 1. The highest BCUT2D eigenvalue weighted by Gasteiger charge is 2.04. The number of nitrogens with zero attached hydrogens (tertiary/aromatic N) is 1. The standard InChI is InChI=1S/C18H20FNO2/c1-13(21)5-3-2-4-6-14-7-9-17(20-12-14)15-8-10-18(22)16(19)11-15/h4,6-13,21-22H,2-3,5H2,1H3/b6-4+. The monoisotopic (exact) mass is 301 g/mol. The molecule has 22 heavy (non-hydrogen) atoms. The summed E-state index contributed by atoms with van der Waals surface area (Å²) in [7, 11) is 0. The quantitative estimate of drug-likeness (QED) is 0.788. The van der Waals surface area contributed by atoms with Crippen LogP contribution < -0.4 is 0 Å². The summed E-state index contributed by atoms with van der Waals surface area (Å²) in [4.78, 5) is 4.31. The number of aromatic nitrogens is 1. The molecule has 0 aliphatic heterocycles. The highest BCUT2D eigenvalue weighted by Crippen LogP contribution is 2.23. The summed E-state index contributed by atoms with van der Waals surface area (Å²) in [5.41, 5.74) is 2.26. The van der Waals surface area contributed by atoms with E-state index in [4.69, 9.17) is 5.11 Å². The highest BCUT2D eigenvalue weighted by molar-refractivity contribution is 5.62. The van der Waals surface area contributed by atoms with Crippen LogP contribution in [0.15, 0.2) is 42.6 Å². The maximum Gasteiger partial charge on any atom is 0.165 e. The molecule has 1 heterocycles. The third-order valence-electron chi connectivity index (χ3n) is 3.33. The SMILES string of the molecule is CC(O)CCC/C=C/c1ccc(-c2ccc(O)c(F)c2)nc1. The van der Waals surface area contributed by atoms with Crippen LogP contribution in [0.4, 0.5) is 4.39 Å². The molecular formula is C18H20FNO2. The van der Waals surface area contributed by atoms with Gasteiger partial charge in [0.1, 0.15) is 0 Å². The first-order chi connectivity index (χ1) is 10.6. The number of hydrogen-bond donors (Lipinski definition) is 2. The molecule has 4 heteroatoms. The van der Waals surface area contributed by atoms with Crippen LogP contribution in [0.25, 0.3) is 17.3 Å². The van der Waals surface area contributed by atoms with Crippen molar-refractivity contribution in [2.75, 3.05) is 0 Å². The zero-order valence-electron chi connectivity index (χ0n) is 12.5. The van der Waals surface area contributed by atoms with Gasteiger partial charge in [0.25, 0.3) is 0 Å². The molecule has 0 radical (unpaired) electrons. The van der Waals surface area contributed by atoms with Gasteiger partial charge in [-0.3, -0.25) is 4.98 Å². The van der Waals surface area contributed by atoms with E-state index < -0.39 is 5.82 Å². The van der Waals surface area contributed by atoms with Gasteiger partial charge >= 0.3 is 0 Å². The maximum atomic E-state index is 13.3. The van der Waals surface area contributed by atoms with Crippen molar-refractivity contribution in [2.45, 2.75) is 32.3 Å². The zero-order valence-corrected chi connectivity index (χ0v) is 12.5. The first kappa shape index (κ1) is 16.2. The number of pyridine rings is 1. The van der Waals surface area contributed by atoms with E-state index >= 15 is 0 Å². The smallest absolute Gasteiger partial charge is 0.165 e. The van der Waals surface area contributed by atoms with E-state index in [0.29, 0.717) is 11.3 Å². The van der Waals surface area contributed by atoms with Gasteiger partial charge in [-0.05, 0) is 56.0 Å². The van der Waals surface area contributed by atoms with Crippen LogP contribution in [0.5, 0.6) is 5.75 Å². The number of allylic oxidation sites excluding steroid dienone is 1. The largest absolute Gasteiger partial charge is 0.505 e. The number of phenolic OH excluding ortho intramolecular Hbond substituents is 1. The first-order valence-electron chi connectivity index (χ1n) is 7.36. The van der Waals surface area contributed by atoms with E-state index in [1.165, 1.54) is 12.1 Å². The van der Waals surface area contributed by atoms with Crippen molar-refractivity contribution in [3.63, 3.8) is 0 Å². The number of phenols is 1. The van der Waals surface area contributed by atoms with Crippen LogP contribution in [-0.4, -0.2) is 21.3 Å². The van der Waals surface area contributed by atoms with Gasteiger partial charge in [-0.25, -0.2) is 4.39 Å². The molecular weight excluding hydrogens is 281 g/mol. The number of aliphatic hydroxyl groups is 1. The summed E-state index contributed by atoms with van der Waals surface area (Å²) >= 11 is 0. The first-order valence-corrected chi connectivity index (χ1v) is 7.36. The van der Waals surface area contributed by atoms with E-state index in [1.54, 1.807) is 19.2 Å². The summed E-state index contributed by atoms with van der Waals surface area (Å²) in [6.45, 7) is 1.79. The molecule has 0 fully saturated rings. The van der Waals surface area contributed by atoms with Crippen molar-refractivity contribution in [1.29, 1.82) is 0 Å². The number of unbranched alkanes of at least 4 members (excludes halogenated alkanes) is 1. The average molecular weight is 301 g/mol. The Morgan fingerprint density at radius 3 is 2.73 bits per heavy atom. The van der Waals surface area contributed by atoms with Crippen LogP contribution in [0.2, 0.25) is 0 Å². The van der Waals surface area contributed by atoms with Crippen molar-refractivity contribution in [3.8, 4) is 17.0 Å². The predicted octanol–water partition coefficient (Wildman–Crippen LogP) is 4.16. The summed E-state index contributed by atoms with van der Waals surface area (Å²) in [6, 6.07) is 7.96. The van der Waals surface area contributed by atoms with Crippen LogP contribution in [0, 0.1) is 5.82 Å². The average Bonchev–Trinajstić information content (AvgIpc) is 2.50. The third kappa shape index (κ3) is 4.67. The van der Waals surface area contributed by atoms with Gasteiger partial charge in [0.15, 0.2) is 11.6 Å². The molecule has 2 rings (SSSR count). The molecule has 1 aromatic carbocycles. The number of aliphatic hydroxyl groups excluding tert-OH is 1. The molecule has 1 atom stereocenters. The second-order valence-electron chi connectivity index (χ2n) is 5.33. The van der Waals surface area contributed by atoms with Gasteiger partial charge < -0.3 is 10.2 Å². The minimum atomic E-state index is -0.651. The Hall–Kier alpha value is -2.20. The third-order valence-corrected chi connectivity index (χ3v) is 3.33. The Kier molecular flexibility index (Phi) is 5.67. The van der Waals surface area contributed by atoms with Gasteiger partial charge in [0.05, 0.1) is 11.8 Å². The van der Waals surface area contributed by atoms with Gasteiger partial charge in [-0.1, -0.05) is 18.2 Å². The zero-order chi connectivity index (χ0) is 15.9. The van der Waals surface area contributed by atoms with Crippen molar-refractivity contribution >= 4 is 6.08 Å². The molecule has 0 bridgehead atoms. The lowest BCUT2D eigenvalue weighted by atomic mass is 10.1. The lowest BCUT2D eigenvalue weighted by Gasteiger charge is -2.03.